The molecule has 0 fully saturated rings. The number of benzene rings is 1. The molecular weight excluding hydrogens is 265 g/mol. The third-order valence-electron chi connectivity index (χ3n) is 3.53. The van der Waals surface area contributed by atoms with Gasteiger partial charge in [0.15, 0.2) is 0 Å². The van der Waals surface area contributed by atoms with E-state index in [2.05, 4.69) is 43.0 Å². The highest BCUT2D eigenvalue weighted by molar-refractivity contribution is 5.31. The first-order chi connectivity index (χ1) is 9.89. The number of nitrogens with zero attached hydrogens (tertiary/aromatic N) is 2. The largest absolute Gasteiger partial charge is 0.309 e. The van der Waals surface area contributed by atoms with Crippen molar-refractivity contribution in [3.05, 3.63) is 59.4 Å². The molecule has 0 spiro atoms. The minimum atomic E-state index is -0.360. The van der Waals surface area contributed by atoms with Crippen LogP contribution in [0.3, 0.4) is 0 Å². The van der Waals surface area contributed by atoms with Crippen LogP contribution in [0.15, 0.2) is 36.5 Å². The monoisotopic (exact) mass is 287 g/mol. The topological polar surface area (TPSA) is 37.8 Å². The van der Waals surface area contributed by atoms with Crippen LogP contribution < -0.4 is 5.32 Å². The average molecular weight is 287 g/mol. The third kappa shape index (κ3) is 3.85. The fourth-order valence-electron chi connectivity index (χ4n) is 2.10. The van der Waals surface area contributed by atoms with Gasteiger partial charge in [-0.2, -0.15) is 0 Å². The molecule has 4 heteroatoms. The lowest BCUT2D eigenvalue weighted by Crippen LogP contribution is -2.26. The summed E-state index contributed by atoms with van der Waals surface area (Å²) in [7, 11) is 0. The molecular formula is C17H22FN3. The van der Waals surface area contributed by atoms with E-state index in [-0.39, 0.29) is 11.2 Å². The van der Waals surface area contributed by atoms with Gasteiger partial charge in [-0.3, -0.25) is 0 Å². The Hall–Kier alpha value is -1.81. The van der Waals surface area contributed by atoms with Crippen LogP contribution in [0.2, 0.25) is 0 Å². The molecule has 0 saturated heterocycles. The number of halogens is 1. The van der Waals surface area contributed by atoms with E-state index in [4.69, 9.17) is 0 Å². The molecule has 0 atom stereocenters. The zero-order chi connectivity index (χ0) is 15.5. The third-order valence-corrected chi connectivity index (χ3v) is 3.53. The van der Waals surface area contributed by atoms with Crippen LogP contribution in [0.5, 0.6) is 0 Å². The summed E-state index contributed by atoms with van der Waals surface area (Å²) in [6.07, 6.45) is 1.78. The van der Waals surface area contributed by atoms with Crippen molar-refractivity contribution in [2.24, 2.45) is 0 Å². The Morgan fingerprint density at radius 3 is 2.43 bits per heavy atom. The lowest BCUT2D eigenvalue weighted by molar-refractivity contribution is 0.555. The quantitative estimate of drug-likeness (QED) is 0.915. The summed E-state index contributed by atoms with van der Waals surface area (Å²) >= 11 is 0. The van der Waals surface area contributed by atoms with Gasteiger partial charge in [0.1, 0.15) is 11.6 Å². The summed E-state index contributed by atoms with van der Waals surface area (Å²) in [6.45, 7) is 9.02. The van der Waals surface area contributed by atoms with E-state index < -0.39 is 0 Å². The number of aromatic nitrogens is 2. The molecule has 21 heavy (non-hydrogen) atoms. The van der Waals surface area contributed by atoms with Crippen molar-refractivity contribution >= 4 is 0 Å². The second-order valence-corrected chi connectivity index (χ2v) is 6.04. The molecule has 1 aromatic heterocycles. The number of rotatable bonds is 5. The van der Waals surface area contributed by atoms with Gasteiger partial charge in [-0.25, -0.2) is 14.4 Å². The van der Waals surface area contributed by atoms with E-state index in [0.29, 0.717) is 12.6 Å². The summed E-state index contributed by atoms with van der Waals surface area (Å²) in [6, 6.07) is 8.85. The molecule has 0 aliphatic carbocycles. The lowest BCUT2D eigenvalue weighted by atomic mass is 9.83. The molecule has 1 heterocycles. The van der Waals surface area contributed by atoms with Gasteiger partial charge in [0, 0.05) is 24.2 Å². The molecule has 2 rings (SSSR count). The van der Waals surface area contributed by atoms with Crippen LogP contribution in [0.25, 0.3) is 0 Å². The molecule has 0 aliphatic rings. The van der Waals surface area contributed by atoms with E-state index in [9.17, 15) is 4.39 Å². The molecule has 0 amide bonds. The summed E-state index contributed by atoms with van der Waals surface area (Å²) < 4.78 is 13.1. The summed E-state index contributed by atoms with van der Waals surface area (Å²) in [4.78, 5) is 9.05. The Balaban J connectivity index is 2.27. The zero-order valence-electron chi connectivity index (χ0n) is 13.0. The second kappa shape index (κ2) is 6.31. The summed E-state index contributed by atoms with van der Waals surface area (Å²) in [5.74, 6) is 0.516. The van der Waals surface area contributed by atoms with Gasteiger partial charge in [0.05, 0.1) is 5.69 Å². The van der Waals surface area contributed by atoms with E-state index >= 15 is 0 Å². The highest BCUT2D eigenvalue weighted by Crippen LogP contribution is 2.28. The van der Waals surface area contributed by atoms with Crippen LogP contribution in [0, 0.1) is 5.82 Å². The van der Waals surface area contributed by atoms with Crippen molar-refractivity contribution in [1.82, 2.24) is 15.3 Å². The van der Waals surface area contributed by atoms with Gasteiger partial charge in [-0.1, -0.05) is 26.0 Å². The van der Waals surface area contributed by atoms with Gasteiger partial charge in [-0.05, 0) is 37.6 Å². The van der Waals surface area contributed by atoms with Gasteiger partial charge in [0.2, 0.25) is 0 Å². The Morgan fingerprint density at radius 2 is 1.81 bits per heavy atom. The minimum absolute atomic E-state index is 0.231. The zero-order valence-corrected chi connectivity index (χ0v) is 13.0. The smallest absolute Gasteiger partial charge is 0.138 e. The van der Waals surface area contributed by atoms with Crippen molar-refractivity contribution in [2.75, 3.05) is 0 Å². The Morgan fingerprint density at radius 1 is 1.14 bits per heavy atom. The molecule has 0 radical (unpaired) electrons. The minimum Gasteiger partial charge on any atom is -0.309 e. The first-order valence-corrected chi connectivity index (χ1v) is 7.21. The van der Waals surface area contributed by atoms with Crippen molar-refractivity contribution in [3.8, 4) is 0 Å². The predicted molar refractivity (Wildman–Crippen MR) is 82.5 cm³/mol. The van der Waals surface area contributed by atoms with Crippen molar-refractivity contribution in [3.63, 3.8) is 0 Å². The lowest BCUT2D eigenvalue weighted by Gasteiger charge is -2.24. The summed E-state index contributed by atoms with van der Waals surface area (Å²) in [5, 5.41) is 3.35. The molecule has 0 bridgehead atoms. The van der Waals surface area contributed by atoms with Crippen LogP contribution in [-0.4, -0.2) is 16.0 Å². The average Bonchev–Trinajstić information content (AvgIpc) is 2.46. The van der Waals surface area contributed by atoms with Crippen LogP contribution in [0.1, 0.15) is 44.8 Å². The second-order valence-electron chi connectivity index (χ2n) is 6.04. The van der Waals surface area contributed by atoms with Gasteiger partial charge in [-0.15, -0.1) is 0 Å². The predicted octanol–water partition coefficient (Wildman–Crippen LogP) is 3.44. The molecule has 1 N–H and O–H groups in total. The van der Waals surface area contributed by atoms with Crippen molar-refractivity contribution in [1.29, 1.82) is 0 Å². The standard InChI is InChI=1S/C17H22FN3/c1-12(2)20-11-15-9-10-19-16(21-15)17(3,4)13-5-7-14(18)8-6-13/h5-10,12,20H,11H2,1-4H3. The highest BCUT2D eigenvalue weighted by Gasteiger charge is 2.26. The molecule has 0 unspecified atom stereocenters. The van der Waals surface area contributed by atoms with Gasteiger partial charge >= 0.3 is 0 Å². The fraction of sp³-hybridized carbons (Fsp3) is 0.412. The molecule has 0 saturated carbocycles. The molecule has 2 aromatic rings. The number of hydrogen-bond donors (Lipinski definition) is 1. The van der Waals surface area contributed by atoms with Crippen molar-refractivity contribution in [2.45, 2.75) is 45.7 Å². The molecule has 112 valence electrons. The molecule has 3 nitrogen and oxygen atoms in total. The van der Waals surface area contributed by atoms with Gasteiger partial charge < -0.3 is 5.32 Å². The van der Waals surface area contributed by atoms with E-state index in [1.807, 2.05) is 6.07 Å². The van der Waals surface area contributed by atoms with E-state index in [1.165, 1.54) is 12.1 Å². The Kier molecular flexibility index (Phi) is 4.68. The highest BCUT2D eigenvalue weighted by atomic mass is 19.1. The van der Waals surface area contributed by atoms with Crippen LogP contribution in [0.4, 0.5) is 4.39 Å². The number of hydrogen-bond acceptors (Lipinski definition) is 3. The maximum absolute atomic E-state index is 13.1. The first-order valence-electron chi connectivity index (χ1n) is 7.21. The van der Waals surface area contributed by atoms with Gasteiger partial charge in [0.25, 0.3) is 0 Å². The Bertz CT molecular complexity index is 591. The Labute approximate surface area is 125 Å². The molecule has 1 aromatic carbocycles. The fourth-order valence-corrected chi connectivity index (χ4v) is 2.10. The number of nitrogens with one attached hydrogen (secondary N) is 1. The van der Waals surface area contributed by atoms with E-state index in [1.54, 1.807) is 18.3 Å². The SMILES string of the molecule is CC(C)NCc1ccnc(C(C)(C)c2ccc(F)cc2)n1. The normalized spacial score (nSPS) is 11.9. The molecule has 0 aliphatic heterocycles. The van der Waals surface area contributed by atoms with Crippen molar-refractivity contribution < 1.29 is 4.39 Å². The maximum atomic E-state index is 13.1. The van der Waals surface area contributed by atoms with Crippen LogP contribution in [-0.2, 0) is 12.0 Å². The first kappa shape index (κ1) is 15.6. The summed E-state index contributed by atoms with van der Waals surface area (Å²) in [5.41, 5.74) is 1.60. The van der Waals surface area contributed by atoms with Crippen LogP contribution >= 0.6 is 0 Å². The maximum Gasteiger partial charge on any atom is 0.138 e. The van der Waals surface area contributed by atoms with E-state index in [0.717, 1.165) is 17.1 Å².